The SMILES string of the molecule is C[C@H]1[C@H](C)CC[C@]2(C(=O)OCc3ccccc3)CC[C@]3(C)C(=CC[C@@H]4[C@@]5(C)Cc6c(N7CCCC7)ncnc6C(C)(C)[C@@H]5CC[C@]43C)[C@H]12. The van der Waals surface area contributed by atoms with Crippen LogP contribution in [0.3, 0.4) is 0 Å². The van der Waals surface area contributed by atoms with E-state index >= 15 is 0 Å². The van der Waals surface area contributed by atoms with Gasteiger partial charge in [-0.25, -0.2) is 9.97 Å². The zero-order valence-electron chi connectivity index (χ0n) is 30.8. The van der Waals surface area contributed by atoms with E-state index in [0.29, 0.717) is 30.3 Å². The van der Waals surface area contributed by atoms with Gasteiger partial charge in [0.2, 0.25) is 0 Å². The van der Waals surface area contributed by atoms with Crippen molar-refractivity contribution >= 4 is 11.8 Å². The summed E-state index contributed by atoms with van der Waals surface area (Å²) >= 11 is 0. The van der Waals surface area contributed by atoms with E-state index in [-0.39, 0.29) is 33.5 Å². The summed E-state index contributed by atoms with van der Waals surface area (Å²) in [4.78, 5) is 27.0. The molecule has 1 saturated heterocycles. The predicted molar refractivity (Wildman–Crippen MR) is 192 cm³/mol. The molecule has 0 N–H and O–H groups in total. The van der Waals surface area contributed by atoms with E-state index in [1.807, 2.05) is 24.5 Å². The van der Waals surface area contributed by atoms with Gasteiger partial charge in [0, 0.05) is 24.1 Å². The molecule has 1 aromatic heterocycles. The Morgan fingerprint density at radius 1 is 0.917 bits per heavy atom. The number of nitrogens with zero attached hydrogens (tertiary/aromatic N) is 3. The maximum absolute atomic E-state index is 14.4. The van der Waals surface area contributed by atoms with Crippen LogP contribution in [0.2, 0.25) is 0 Å². The number of anilines is 1. The first-order valence-electron chi connectivity index (χ1n) is 19.4. The van der Waals surface area contributed by atoms with E-state index in [1.165, 1.54) is 42.8 Å². The summed E-state index contributed by atoms with van der Waals surface area (Å²) in [5.41, 5.74) is 5.41. The highest BCUT2D eigenvalue weighted by Gasteiger charge is 2.69. The first-order valence-corrected chi connectivity index (χ1v) is 19.4. The average molecular weight is 650 g/mol. The number of esters is 1. The van der Waals surface area contributed by atoms with Gasteiger partial charge in [0.25, 0.3) is 0 Å². The van der Waals surface area contributed by atoms with Crippen LogP contribution >= 0.6 is 0 Å². The second-order valence-corrected chi connectivity index (χ2v) is 18.5. The van der Waals surface area contributed by atoms with Gasteiger partial charge in [-0.3, -0.25) is 4.79 Å². The molecule has 1 aliphatic heterocycles. The molecule has 4 fully saturated rings. The standard InChI is InChI=1S/C43H59N3O2/c1-28-17-20-43(38(47)48-26-30-13-9-8-10-14-30)22-21-41(6)32(35(43)29(28)2)15-16-34-40(5)25-31-36(39(3,4)33(40)18-19-42(34,41)7)44-27-45-37(31)46-23-11-12-24-46/h8-10,13-15,27-29,33-35H,11-12,16-26H2,1-7H3/t28-,29+,33+,34-,35+,40+,41-,42-,43+/m1/s1. The Kier molecular flexibility index (Phi) is 7.56. The van der Waals surface area contributed by atoms with Gasteiger partial charge in [0.05, 0.1) is 11.1 Å². The Hall–Kier alpha value is -2.69. The van der Waals surface area contributed by atoms with E-state index in [9.17, 15) is 4.79 Å². The average Bonchev–Trinajstić information content (AvgIpc) is 3.61. The predicted octanol–water partition coefficient (Wildman–Crippen LogP) is 9.49. The van der Waals surface area contributed by atoms with Crippen molar-refractivity contribution in [1.82, 2.24) is 9.97 Å². The van der Waals surface area contributed by atoms with Gasteiger partial charge in [-0.05, 0) is 116 Å². The number of fused-ring (bicyclic) bond motifs is 8. The van der Waals surface area contributed by atoms with Crippen LogP contribution in [0, 0.1) is 51.2 Å². The van der Waals surface area contributed by atoms with E-state index in [1.54, 1.807) is 5.57 Å². The molecule has 5 nitrogen and oxygen atoms in total. The van der Waals surface area contributed by atoms with Crippen molar-refractivity contribution < 1.29 is 9.53 Å². The first kappa shape index (κ1) is 32.5. The number of allylic oxidation sites excluding steroid dienone is 2. The topological polar surface area (TPSA) is 55.3 Å². The summed E-state index contributed by atoms with van der Waals surface area (Å²) in [5, 5.41) is 0. The summed E-state index contributed by atoms with van der Waals surface area (Å²) < 4.78 is 6.27. The summed E-state index contributed by atoms with van der Waals surface area (Å²) in [6.45, 7) is 20.4. The molecule has 2 aromatic rings. The normalized spacial score (nSPS) is 41.2. The number of benzene rings is 1. The molecular formula is C43H59N3O2. The third-order valence-corrected chi connectivity index (χ3v) is 16.2. The van der Waals surface area contributed by atoms with Gasteiger partial charge in [0.1, 0.15) is 18.8 Å². The third kappa shape index (κ3) is 4.36. The lowest BCUT2D eigenvalue weighted by Crippen LogP contribution is -2.65. The number of carbonyl (C=O) groups excluding carboxylic acids is 1. The minimum absolute atomic E-state index is 0.00349. The molecule has 2 heterocycles. The number of carbonyl (C=O) groups is 1. The van der Waals surface area contributed by atoms with Crippen LogP contribution in [0.4, 0.5) is 5.82 Å². The Balaban J connectivity index is 1.18. The summed E-state index contributed by atoms with van der Waals surface area (Å²) in [5.74, 6) is 3.75. The number of aromatic nitrogens is 2. The fourth-order valence-electron chi connectivity index (χ4n) is 13.4. The van der Waals surface area contributed by atoms with E-state index < -0.39 is 5.41 Å². The molecule has 5 heteroatoms. The van der Waals surface area contributed by atoms with Gasteiger partial charge in [-0.15, -0.1) is 0 Å². The number of rotatable bonds is 4. The molecule has 6 aliphatic rings. The number of hydrogen-bond donors (Lipinski definition) is 0. The first-order chi connectivity index (χ1) is 22.9. The highest BCUT2D eigenvalue weighted by molar-refractivity contribution is 5.79. The minimum atomic E-state index is -0.413. The van der Waals surface area contributed by atoms with Crippen LogP contribution in [0.15, 0.2) is 48.3 Å². The zero-order chi connectivity index (χ0) is 33.7. The van der Waals surface area contributed by atoms with Crippen molar-refractivity contribution in [1.29, 1.82) is 0 Å². The molecule has 0 unspecified atom stereocenters. The molecule has 0 amide bonds. The van der Waals surface area contributed by atoms with Gasteiger partial charge in [0.15, 0.2) is 0 Å². The maximum atomic E-state index is 14.4. The van der Waals surface area contributed by atoms with E-state index in [4.69, 9.17) is 14.7 Å². The fraction of sp³-hybridized carbons (Fsp3) is 0.698. The largest absolute Gasteiger partial charge is 0.460 e. The fourth-order valence-corrected chi connectivity index (χ4v) is 13.4. The van der Waals surface area contributed by atoms with Crippen LogP contribution in [0.25, 0.3) is 0 Å². The number of hydrogen-bond acceptors (Lipinski definition) is 5. The summed E-state index contributed by atoms with van der Waals surface area (Å²) in [6.07, 6.45) is 15.8. The molecule has 0 radical (unpaired) electrons. The molecule has 3 saturated carbocycles. The van der Waals surface area contributed by atoms with Crippen molar-refractivity contribution in [2.75, 3.05) is 18.0 Å². The molecule has 0 spiro atoms. The number of ether oxygens (including phenoxy) is 1. The molecule has 5 aliphatic carbocycles. The van der Waals surface area contributed by atoms with Gasteiger partial charge in [-0.1, -0.05) is 90.4 Å². The van der Waals surface area contributed by atoms with Crippen molar-refractivity contribution in [2.45, 2.75) is 125 Å². The van der Waals surface area contributed by atoms with Crippen molar-refractivity contribution in [3.63, 3.8) is 0 Å². The lowest BCUT2D eigenvalue weighted by molar-refractivity contribution is -0.184. The van der Waals surface area contributed by atoms with E-state index in [2.05, 4.69) is 71.6 Å². The van der Waals surface area contributed by atoms with Crippen LogP contribution in [0.5, 0.6) is 0 Å². The maximum Gasteiger partial charge on any atom is 0.313 e. The van der Waals surface area contributed by atoms with E-state index in [0.717, 1.165) is 57.2 Å². The molecule has 0 bridgehead atoms. The monoisotopic (exact) mass is 649 g/mol. The Morgan fingerprint density at radius 3 is 2.42 bits per heavy atom. The Morgan fingerprint density at radius 2 is 1.67 bits per heavy atom. The second kappa shape index (κ2) is 11.2. The summed E-state index contributed by atoms with van der Waals surface area (Å²) in [7, 11) is 0. The highest BCUT2D eigenvalue weighted by Crippen LogP contribution is 2.75. The Labute approximate surface area is 289 Å². The Bertz CT molecular complexity index is 1610. The molecule has 1 aromatic carbocycles. The molecular weight excluding hydrogens is 590 g/mol. The zero-order valence-corrected chi connectivity index (χ0v) is 30.8. The smallest absolute Gasteiger partial charge is 0.313 e. The van der Waals surface area contributed by atoms with Gasteiger partial charge < -0.3 is 9.64 Å². The van der Waals surface area contributed by atoms with Crippen LogP contribution in [0.1, 0.15) is 123 Å². The van der Waals surface area contributed by atoms with Crippen LogP contribution in [-0.4, -0.2) is 29.0 Å². The van der Waals surface area contributed by atoms with Gasteiger partial charge >= 0.3 is 5.97 Å². The van der Waals surface area contributed by atoms with Crippen molar-refractivity contribution in [3.05, 3.63) is 65.1 Å². The molecule has 9 atom stereocenters. The third-order valence-electron chi connectivity index (χ3n) is 16.2. The summed E-state index contributed by atoms with van der Waals surface area (Å²) in [6, 6.07) is 10.2. The second-order valence-electron chi connectivity index (χ2n) is 18.5. The van der Waals surface area contributed by atoms with Gasteiger partial charge in [-0.2, -0.15) is 0 Å². The van der Waals surface area contributed by atoms with Crippen LogP contribution < -0.4 is 4.90 Å². The lowest BCUT2D eigenvalue weighted by Gasteiger charge is -2.71. The minimum Gasteiger partial charge on any atom is -0.460 e. The quantitative estimate of drug-likeness (QED) is 0.244. The molecule has 258 valence electrons. The van der Waals surface area contributed by atoms with Crippen molar-refractivity contribution in [3.8, 4) is 0 Å². The molecule has 48 heavy (non-hydrogen) atoms. The van der Waals surface area contributed by atoms with Crippen molar-refractivity contribution in [2.24, 2.45) is 51.2 Å². The highest BCUT2D eigenvalue weighted by atomic mass is 16.5. The molecule has 8 rings (SSSR count). The van der Waals surface area contributed by atoms with Crippen LogP contribution in [-0.2, 0) is 28.0 Å². The lowest BCUT2D eigenvalue weighted by atomic mass is 9.33.